The molecule has 2 aromatic carbocycles. The molecule has 0 saturated carbocycles. The number of carbonyl (C=O) groups excluding carboxylic acids is 1. The molecule has 0 unspecified atom stereocenters. The van der Waals surface area contributed by atoms with Crippen LogP contribution in [0.2, 0.25) is 15.1 Å². The zero-order valence-corrected chi connectivity index (χ0v) is 16.2. The van der Waals surface area contributed by atoms with Gasteiger partial charge < -0.3 is 9.88 Å². The number of rotatable bonds is 5. The Labute approximate surface area is 166 Å². The van der Waals surface area contributed by atoms with Gasteiger partial charge in [-0.05, 0) is 35.4 Å². The maximum Gasteiger partial charge on any atom is 0.225 e. The Kier molecular flexibility index (Phi) is 5.87. The van der Waals surface area contributed by atoms with E-state index in [0.29, 0.717) is 20.6 Å². The van der Waals surface area contributed by atoms with Crippen molar-refractivity contribution in [3.05, 3.63) is 86.9 Å². The van der Waals surface area contributed by atoms with Crippen LogP contribution < -0.4 is 5.32 Å². The fourth-order valence-corrected chi connectivity index (χ4v) is 3.26. The second-order valence-electron chi connectivity index (χ2n) is 5.86. The first-order valence-electron chi connectivity index (χ1n) is 7.90. The highest BCUT2D eigenvalue weighted by molar-refractivity contribution is 6.35. The van der Waals surface area contributed by atoms with Gasteiger partial charge in [-0.15, -0.1) is 0 Å². The van der Waals surface area contributed by atoms with Crippen molar-refractivity contribution in [3.63, 3.8) is 0 Å². The summed E-state index contributed by atoms with van der Waals surface area (Å²) in [5.74, 6) is 0.556. The lowest BCUT2D eigenvalue weighted by Gasteiger charge is -2.19. The fourth-order valence-electron chi connectivity index (χ4n) is 2.66. The number of aryl methyl sites for hydroxylation is 1. The van der Waals surface area contributed by atoms with Gasteiger partial charge in [0.05, 0.1) is 6.42 Å². The van der Waals surface area contributed by atoms with Gasteiger partial charge in [0.15, 0.2) is 0 Å². The van der Waals surface area contributed by atoms with Crippen LogP contribution in [0.3, 0.4) is 0 Å². The average molecular weight is 409 g/mol. The first kappa shape index (κ1) is 18.8. The number of amides is 1. The summed E-state index contributed by atoms with van der Waals surface area (Å²) in [6, 6.07) is 12.0. The van der Waals surface area contributed by atoms with E-state index in [1.807, 2.05) is 29.9 Å². The van der Waals surface area contributed by atoms with Gasteiger partial charge >= 0.3 is 0 Å². The molecule has 4 nitrogen and oxygen atoms in total. The molecule has 1 atom stereocenters. The van der Waals surface area contributed by atoms with Gasteiger partial charge in [-0.1, -0.05) is 53.0 Å². The molecule has 0 bridgehead atoms. The molecule has 0 saturated heterocycles. The van der Waals surface area contributed by atoms with Gasteiger partial charge in [0.1, 0.15) is 11.9 Å². The summed E-state index contributed by atoms with van der Waals surface area (Å²) < 4.78 is 1.87. The number of carbonyl (C=O) groups is 1. The molecule has 1 amide bonds. The third-order valence-electron chi connectivity index (χ3n) is 3.99. The summed E-state index contributed by atoms with van der Waals surface area (Å²) >= 11 is 18.1. The van der Waals surface area contributed by atoms with E-state index in [9.17, 15) is 4.79 Å². The number of aromatic nitrogens is 2. The van der Waals surface area contributed by atoms with Gasteiger partial charge in [0.25, 0.3) is 0 Å². The van der Waals surface area contributed by atoms with Crippen LogP contribution in [0.25, 0.3) is 0 Å². The summed E-state index contributed by atoms with van der Waals surface area (Å²) in [6.07, 6.45) is 3.67. The predicted molar refractivity (Wildman–Crippen MR) is 105 cm³/mol. The maximum atomic E-state index is 12.6. The third kappa shape index (κ3) is 4.39. The molecule has 134 valence electrons. The van der Waals surface area contributed by atoms with Crippen molar-refractivity contribution < 1.29 is 4.79 Å². The number of benzene rings is 2. The average Bonchev–Trinajstić information content (AvgIpc) is 3.02. The Morgan fingerprint density at radius 1 is 1.12 bits per heavy atom. The highest BCUT2D eigenvalue weighted by Crippen LogP contribution is 2.24. The quantitative estimate of drug-likeness (QED) is 0.657. The van der Waals surface area contributed by atoms with Crippen molar-refractivity contribution >= 4 is 40.7 Å². The lowest BCUT2D eigenvalue weighted by Crippen LogP contribution is -2.32. The van der Waals surface area contributed by atoms with Crippen molar-refractivity contribution in [1.29, 1.82) is 0 Å². The Hall–Kier alpha value is -2.01. The lowest BCUT2D eigenvalue weighted by atomic mass is 10.1. The molecule has 0 aliphatic carbocycles. The molecule has 0 radical (unpaired) electrons. The second kappa shape index (κ2) is 8.12. The SMILES string of the molecule is Cn1ccnc1[C@@H](NC(=O)Cc1ccc(Cl)cc1Cl)c1ccc(Cl)cc1. The van der Waals surface area contributed by atoms with E-state index < -0.39 is 6.04 Å². The molecule has 1 heterocycles. The van der Waals surface area contributed by atoms with E-state index in [0.717, 1.165) is 11.4 Å². The highest BCUT2D eigenvalue weighted by atomic mass is 35.5. The minimum Gasteiger partial charge on any atom is -0.342 e. The standard InChI is InChI=1S/C19H16Cl3N3O/c1-25-9-8-23-19(25)18(12-2-5-14(20)6-3-12)24-17(26)10-13-4-7-15(21)11-16(13)22/h2-9,11,18H,10H2,1H3,(H,24,26)/t18-/m0/s1. The third-order valence-corrected chi connectivity index (χ3v) is 4.83. The fraction of sp³-hybridized carbons (Fsp3) is 0.158. The van der Waals surface area contributed by atoms with Crippen LogP contribution >= 0.6 is 34.8 Å². The Balaban J connectivity index is 1.84. The van der Waals surface area contributed by atoms with Gasteiger partial charge in [-0.25, -0.2) is 4.98 Å². The van der Waals surface area contributed by atoms with Gasteiger partial charge in [0.2, 0.25) is 5.91 Å². The molecule has 26 heavy (non-hydrogen) atoms. The molecule has 7 heteroatoms. The predicted octanol–water partition coefficient (Wildman–Crippen LogP) is 4.83. The van der Waals surface area contributed by atoms with Crippen molar-refractivity contribution in [1.82, 2.24) is 14.9 Å². The van der Waals surface area contributed by atoms with E-state index in [2.05, 4.69) is 10.3 Å². The van der Waals surface area contributed by atoms with Crippen molar-refractivity contribution in [3.8, 4) is 0 Å². The number of nitrogens with zero attached hydrogens (tertiary/aromatic N) is 2. The van der Waals surface area contributed by atoms with Gasteiger partial charge in [0, 0.05) is 34.5 Å². The molecule has 0 spiro atoms. The molecule has 3 aromatic rings. The van der Waals surface area contributed by atoms with Crippen molar-refractivity contribution in [2.45, 2.75) is 12.5 Å². The van der Waals surface area contributed by atoms with E-state index >= 15 is 0 Å². The van der Waals surface area contributed by atoms with Crippen LogP contribution in [0.4, 0.5) is 0 Å². The summed E-state index contributed by atoms with van der Waals surface area (Å²) in [5, 5.41) is 4.66. The van der Waals surface area contributed by atoms with Crippen LogP contribution in [0.15, 0.2) is 54.9 Å². The minimum atomic E-state index is -0.397. The first-order chi connectivity index (χ1) is 12.4. The largest absolute Gasteiger partial charge is 0.342 e. The number of nitrogens with one attached hydrogen (secondary N) is 1. The molecule has 1 aromatic heterocycles. The van der Waals surface area contributed by atoms with E-state index in [-0.39, 0.29) is 12.3 Å². The summed E-state index contributed by atoms with van der Waals surface area (Å²) in [4.78, 5) is 17.0. The summed E-state index contributed by atoms with van der Waals surface area (Å²) in [6.45, 7) is 0. The lowest BCUT2D eigenvalue weighted by molar-refractivity contribution is -0.121. The molecular weight excluding hydrogens is 393 g/mol. The summed E-state index contributed by atoms with van der Waals surface area (Å²) in [7, 11) is 1.88. The first-order valence-corrected chi connectivity index (χ1v) is 9.03. The molecule has 1 N–H and O–H groups in total. The Bertz CT molecular complexity index is 922. The minimum absolute atomic E-state index is 0.143. The Morgan fingerprint density at radius 2 is 1.81 bits per heavy atom. The summed E-state index contributed by atoms with van der Waals surface area (Å²) in [5.41, 5.74) is 1.60. The van der Waals surface area contributed by atoms with Crippen LogP contribution in [0, 0.1) is 0 Å². The maximum absolute atomic E-state index is 12.6. The van der Waals surface area contributed by atoms with Crippen molar-refractivity contribution in [2.75, 3.05) is 0 Å². The monoisotopic (exact) mass is 407 g/mol. The molecule has 3 rings (SSSR count). The van der Waals surface area contributed by atoms with Crippen LogP contribution in [0.5, 0.6) is 0 Å². The molecular formula is C19H16Cl3N3O. The van der Waals surface area contributed by atoms with Crippen LogP contribution in [-0.4, -0.2) is 15.5 Å². The molecule has 0 aliphatic rings. The van der Waals surface area contributed by atoms with E-state index in [4.69, 9.17) is 34.8 Å². The Morgan fingerprint density at radius 3 is 2.42 bits per heavy atom. The van der Waals surface area contributed by atoms with Gasteiger partial charge in [-0.3, -0.25) is 4.79 Å². The number of hydrogen-bond acceptors (Lipinski definition) is 2. The second-order valence-corrected chi connectivity index (χ2v) is 7.14. The smallest absolute Gasteiger partial charge is 0.225 e. The van der Waals surface area contributed by atoms with Crippen LogP contribution in [0.1, 0.15) is 23.0 Å². The number of imidazole rings is 1. The van der Waals surface area contributed by atoms with E-state index in [1.54, 1.807) is 36.5 Å². The zero-order valence-electron chi connectivity index (χ0n) is 13.9. The molecule has 0 fully saturated rings. The number of halogens is 3. The molecule has 0 aliphatic heterocycles. The number of hydrogen-bond donors (Lipinski definition) is 1. The zero-order chi connectivity index (χ0) is 18.7. The van der Waals surface area contributed by atoms with Crippen molar-refractivity contribution in [2.24, 2.45) is 7.05 Å². The highest BCUT2D eigenvalue weighted by Gasteiger charge is 2.21. The normalized spacial score (nSPS) is 12.0. The van der Waals surface area contributed by atoms with Gasteiger partial charge in [-0.2, -0.15) is 0 Å². The topological polar surface area (TPSA) is 46.9 Å². The van der Waals surface area contributed by atoms with Crippen LogP contribution in [-0.2, 0) is 18.3 Å². The van der Waals surface area contributed by atoms with E-state index in [1.165, 1.54) is 0 Å².